The van der Waals surface area contributed by atoms with Crippen LogP contribution < -0.4 is 9.64 Å². The zero-order valence-electron chi connectivity index (χ0n) is 9.57. The fourth-order valence-corrected chi connectivity index (χ4v) is 2.23. The lowest BCUT2D eigenvalue weighted by molar-refractivity contribution is 0.200. The fourth-order valence-electron chi connectivity index (χ4n) is 1.44. The van der Waals surface area contributed by atoms with E-state index in [1.165, 1.54) is 13.2 Å². The van der Waals surface area contributed by atoms with E-state index in [0.717, 1.165) is 4.90 Å². The second-order valence-corrected chi connectivity index (χ2v) is 4.70. The molecule has 1 aromatic rings. The number of benzene rings is 1. The van der Waals surface area contributed by atoms with E-state index in [1.54, 1.807) is 12.1 Å². The predicted molar refractivity (Wildman–Crippen MR) is 73.5 cm³/mol. The fraction of sp³-hybridized carbons (Fsp3) is 0.364. The van der Waals surface area contributed by atoms with Gasteiger partial charge in [0.1, 0.15) is 11.3 Å². The molecule has 0 heterocycles. The Morgan fingerprint density at radius 2 is 2.22 bits per heavy atom. The van der Waals surface area contributed by atoms with E-state index in [0.29, 0.717) is 22.9 Å². The minimum absolute atomic E-state index is 0.251. The summed E-state index contributed by atoms with van der Waals surface area (Å²) in [7, 11) is 1.44. The molecule has 1 aromatic carbocycles. The minimum atomic E-state index is -1.19. The van der Waals surface area contributed by atoms with Crippen molar-refractivity contribution in [2.75, 3.05) is 17.9 Å². The van der Waals surface area contributed by atoms with E-state index < -0.39 is 11.6 Å². The Balaban J connectivity index is 3.20. The van der Waals surface area contributed by atoms with Crippen LogP contribution in [0.4, 0.5) is 10.5 Å². The molecule has 1 rings (SSSR count). The van der Waals surface area contributed by atoms with Gasteiger partial charge in [0.2, 0.25) is 0 Å². The van der Waals surface area contributed by atoms with E-state index in [9.17, 15) is 9.90 Å². The number of hydrogen-bond acceptors (Lipinski definition) is 2. The molecule has 0 radical (unpaired) electrons. The summed E-state index contributed by atoms with van der Waals surface area (Å²) in [5.74, 6) is 0.628. The second-order valence-electron chi connectivity index (χ2n) is 3.38. The first-order valence-corrected chi connectivity index (χ1v) is 6.42. The van der Waals surface area contributed by atoms with Crippen molar-refractivity contribution < 1.29 is 14.6 Å². The van der Waals surface area contributed by atoms with Crippen molar-refractivity contribution in [1.82, 2.24) is 0 Å². The SMILES string of the molecule is COc1ccc(Cl)cc1N(C(=O)O)C(Cl)CCCl. The maximum atomic E-state index is 11.3. The van der Waals surface area contributed by atoms with Gasteiger partial charge >= 0.3 is 6.09 Å². The highest BCUT2D eigenvalue weighted by Gasteiger charge is 2.25. The van der Waals surface area contributed by atoms with Gasteiger partial charge in [-0.15, -0.1) is 11.6 Å². The Hall–Kier alpha value is -0.840. The van der Waals surface area contributed by atoms with Crippen molar-refractivity contribution in [3.8, 4) is 5.75 Å². The van der Waals surface area contributed by atoms with Gasteiger partial charge in [-0.1, -0.05) is 23.2 Å². The van der Waals surface area contributed by atoms with Crippen molar-refractivity contribution in [2.45, 2.75) is 11.9 Å². The zero-order valence-corrected chi connectivity index (χ0v) is 11.8. The highest BCUT2D eigenvalue weighted by Crippen LogP contribution is 2.34. The average Bonchev–Trinajstić information content (AvgIpc) is 2.29. The van der Waals surface area contributed by atoms with Gasteiger partial charge in [-0.2, -0.15) is 0 Å². The van der Waals surface area contributed by atoms with Crippen LogP contribution in [0, 0.1) is 0 Å². The summed E-state index contributed by atoms with van der Waals surface area (Å²) in [5.41, 5.74) is -0.491. The standard InChI is InChI=1S/C11H12Cl3NO3/c1-18-9-3-2-7(13)6-8(9)15(11(16)17)10(14)4-5-12/h2-3,6,10H,4-5H2,1H3,(H,16,17). The van der Waals surface area contributed by atoms with E-state index in [1.807, 2.05) is 0 Å². The van der Waals surface area contributed by atoms with Crippen molar-refractivity contribution in [3.05, 3.63) is 23.2 Å². The van der Waals surface area contributed by atoms with Crippen molar-refractivity contribution in [3.63, 3.8) is 0 Å². The number of rotatable bonds is 5. The number of amides is 1. The molecule has 0 saturated heterocycles. The van der Waals surface area contributed by atoms with Crippen LogP contribution in [-0.2, 0) is 0 Å². The van der Waals surface area contributed by atoms with E-state index in [4.69, 9.17) is 39.5 Å². The molecule has 1 unspecified atom stereocenters. The highest BCUT2D eigenvalue weighted by atomic mass is 35.5. The smallest absolute Gasteiger partial charge is 0.413 e. The van der Waals surface area contributed by atoms with Crippen molar-refractivity contribution in [1.29, 1.82) is 0 Å². The molecule has 1 amide bonds. The molecule has 0 spiro atoms. The molecule has 0 aliphatic heterocycles. The lowest BCUT2D eigenvalue weighted by Gasteiger charge is -2.25. The van der Waals surface area contributed by atoms with Crippen LogP contribution in [0.3, 0.4) is 0 Å². The third-order valence-electron chi connectivity index (χ3n) is 2.23. The molecule has 0 bridgehead atoms. The number of ether oxygens (including phenoxy) is 1. The number of hydrogen-bond donors (Lipinski definition) is 1. The van der Waals surface area contributed by atoms with Gasteiger partial charge in [0.15, 0.2) is 0 Å². The Morgan fingerprint density at radius 3 is 2.72 bits per heavy atom. The van der Waals surface area contributed by atoms with Crippen LogP contribution in [0.2, 0.25) is 5.02 Å². The van der Waals surface area contributed by atoms with Crippen LogP contribution in [0.15, 0.2) is 18.2 Å². The van der Waals surface area contributed by atoms with Crippen molar-refractivity contribution in [2.24, 2.45) is 0 Å². The lowest BCUT2D eigenvalue weighted by atomic mass is 10.2. The van der Waals surface area contributed by atoms with Gasteiger partial charge < -0.3 is 9.84 Å². The highest BCUT2D eigenvalue weighted by molar-refractivity contribution is 6.31. The molecule has 4 nitrogen and oxygen atoms in total. The molecule has 0 aliphatic rings. The number of nitrogens with zero attached hydrogens (tertiary/aromatic N) is 1. The van der Waals surface area contributed by atoms with E-state index in [2.05, 4.69) is 0 Å². The average molecular weight is 313 g/mol. The third-order valence-corrected chi connectivity index (χ3v) is 3.10. The number of carbonyl (C=O) groups is 1. The van der Waals surface area contributed by atoms with Gasteiger partial charge in [0.25, 0.3) is 0 Å². The molecule has 0 aromatic heterocycles. The van der Waals surface area contributed by atoms with Gasteiger partial charge in [0.05, 0.1) is 12.8 Å². The summed E-state index contributed by atoms with van der Waals surface area (Å²) in [6, 6.07) is 4.67. The van der Waals surface area contributed by atoms with Crippen LogP contribution in [-0.4, -0.2) is 29.7 Å². The minimum Gasteiger partial charge on any atom is -0.495 e. The molecule has 7 heteroatoms. The molecule has 18 heavy (non-hydrogen) atoms. The predicted octanol–water partition coefficient (Wildman–Crippen LogP) is 4.03. The Bertz CT molecular complexity index is 428. The van der Waals surface area contributed by atoms with Crippen molar-refractivity contribution >= 4 is 46.6 Å². The lowest BCUT2D eigenvalue weighted by Crippen LogP contribution is -2.36. The van der Waals surface area contributed by atoms with E-state index >= 15 is 0 Å². The summed E-state index contributed by atoms with van der Waals surface area (Å²) in [4.78, 5) is 12.3. The molecule has 1 N–H and O–H groups in total. The first-order chi connectivity index (χ1) is 8.51. The number of carboxylic acid groups (broad SMARTS) is 1. The Labute approximate surface area is 120 Å². The van der Waals surface area contributed by atoms with Gasteiger partial charge in [-0.3, -0.25) is 4.90 Å². The molecular weight excluding hydrogens is 300 g/mol. The quantitative estimate of drug-likeness (QED) is 0.660. The third kappa shape index (κ3) is 3.57. The maximum absolute atomic E-state index is 11.3. The van der Waals surface area contributed by atoms with Crippen LogP contribution in [0.1, 0.15) is 6.42 Å². The summed E-state index contributed by atoms with van der Waals surface area (Å²) < 4.78 is 5.10. The molecule has 100 valence electrons. The number of halogens is 3. The second kappa shape index (κ2) is 6.92. The van der Waals surface area contributed by atoms with Crippen LogP contribution >= 0.6 is 34.8 Å². The molecule has 0 aliphatic carbocycles. The topological polar surface area (TPSA) is 49.8 Å². The van der Waals surface area contributed by atoms with E-state index in [-0.39, 0.29) is 5.88 Å². The molecular formula is C11H12Cl3NO3. The molecule has 1 atom stereocenters. The normalized spacial score (nSPS) is 12.0. The summed E-state index contributed by atoms with van der Waals surface area (Å²) >= 11 is 17.5. The zero-order chi connectivity index (χ0) is 13.7. The summed E-state index contributed by atoms with van der Waals surface area (Å²) in [6.45, 7) is 0. The Morgan fingerprint density at radius 1 is 1.56 bits per heavy atom. The Kier molecular flexibility index (Phi) is 5.85. The summed E-state index contributed by atoms with van der Waals surface area (Å²) in [5, 5.41) is 9.63. The monoisotopic (exact) mass is 311 g/mol. The van der Waals surface area contributed by atoms with Gasteiger partial charge in [-0.25, -0.2) is 4.79 Å². The summed E-state index contributed by atoms with van der Waals surface area (Å²) in [6.07, 6.45) is -0.883. The first kappa shape index (κ1) is 15.2. The van der Waals surface area contributed by atoms with Gasteiger partial charge in [-0.05, 0) is 24.6 Å². The van der Waals surface area contributed by atoms with Crippen LogP contribution in [0.5, 0.6) is 5.75 Å². The van der Waals surface area contributed by atoms with Gasteiger partial charge in [0, 0.05) is 10.9 Å². The first-order valence-electron chi connectivity index (χ1n) is 5.07. The van der Waals surface area contributed by atoms with Crippen LogP contribution in [0.25, 0.3) is 0 Å². The molecule has 0 saturated carbocycles. The largest absolute Gasteiger partial charge is 0.495 e. The number of alkyl halides is 2. The number of methoxy groups -OCH3 is 1. The number of anilines is 1. The molecule has 0 fully saturated rings. The maximum Gasteiger partial charge on any atom is 0.413 e.